The van der Waals surface area contributed by atoms with Crippen LogP contribution in [0.1, 0.15) is 31.7 Å². The SMILES string of the molecule is Cc1cc(N)ccc1NC(=O)C(C)N1CCCCC1CO. The van der Waals surface area contributed by atoms with Gasteiger partial charge in [-0.3, -0.25) is 9.69 Å². The average Bonchev–Trinajstić information content (AvgIpc) is 2.49. The monoisotopic (exact) mass is 291 g/mol. The average molecular weight is 291 g/mol. The van der Waals surface area contributed by atoms with Crippen LogP contribution in [-0.4, -0.2) is 41.1 Å². The van der Waals surface area contributed by atoms with E-state index in [4.69, 9.17) is 5.73 Å². The molecule has 2 unspecified atom stereocenters. The lowest BCUT2D eigenvalue weighted by Gasteiger charge is -2.38. The fourth-order valence-electron chi connectivity index (χ4n) is 2.94. The van der Waals surface area contributed by atoms with Gasteiger partial charge in [-0.1, -0.05) is 6.42 Å². The first-order valence-electron chi connectivity index (χ1n) is 7.56. The van der Waals surface area contributed by atoms with Crippen molar-refractivity contribution in [2.24, 2.45) is 0 Å². The number of aliphatic hydroxyl groups is 1. The van der Waals surface area contributed by atoms with E-state index < -0.39 is 0 Å². The number of nitrogens with zero attached hydrogens (tertiary/aromatic N) is 1. The van der Waals surface area contributed by atoms with Crippen molar-refractivity contribution in [2.45, 2.75) is 45.2 Å². The molecule has 0 aromatic heterocycles. The first kappa shape index (κ1) is 15.8. The summed E-state index contributed by atoms with van der Waals surface area (Å²) in [4.78, 5) is 14.5. The van der Waals surface area contributed by atoms with E-state index in [2.05, 4.69) is 10.2 Å². The molecular formula is C16H25N3O2. The van der Waals surface area contributed by atoms with E-state index in [9.17, 15) is 9.90 Å². The standard InChI is InChI=1S/C16H25N3O2/c1-11-9-13(17)6-7-15(11)18-16(21)12(2)19-8-4-3-5-14(19)10-20/h6-7,9,12,14,20H,3-5,8,10,17H2,1-2H3,(H,18,21). The van der Waals surface area contributed by atoms with Crippen LogP contribution in [-0.2, 0) is 4.79 Å². The number of anilines is 2. The summed E-state index contributed by atoms with van der Waals surface area (Å²) in [6.45, 7) is 4.79. The number of benzene rings is 1. The number of carbonyl (C=O) groups is 1. The number of nitrogens with one attached hydrogen (secondary N) is 1. The Morgan fingerprint density at radius 1 is 1.52 bits per heavy atom. The third kappa shape index (κ3) is 3.74. The van der Waals surface area contributed by atoms with Gasteiger partial charge in [-0.05, 0) is 57.0 Å². The number of hydrogen-bond donors (Lipinski definition) is 3. The molecule has 0 aliphatic carbocycles. The molecular weight excluding hydrogens is 266 g/mol. The van der Waals surface area contributed by atoms with Crippen LogP contribution in [0, 0.1) is 6.92 Å². The van der Waals surface area contributed by atoms with Crippen LogP contribution in [0.25, 0.3) is 0 Å². The Bertz CT molecular complexity index is 504. The lowest BCUT2D eigenvalue weighted by atomic mass is 10.0. The largest absolute Gasteiger partial charge is 0.399 e. The summed E-state index contributed by atoms with van der Waals surface area (Å²) in [5.74, 6) is -0.0387. The van der Waals surface area contributed by atoms with E-state index in [-0.39, 0.29) is 24.6 Å². The zero-order valence-electron chi connectivity index (χ0n) is 12.8. The fraction of sp³-hybridized carbons (Fsp3) is 0.562. The molecule has 116 valence electrons. The van der Waals surface area contributed by atoms with Gasteiger partial charge in [-0.2, -0.15) is 0 Å². The lowest BCUT2D eigenvalue weighted by molar-refractivity contribution is -0.122. The molecule has 1 aromatic carbocycles. The lowest BCUT2D eigenvalue weighted by Crippen LogP contribution is -2.51. The number of aryl methyl sites for hydroxylation is 1. The predicted molar refractivity (Wildman–Crippen MR) is 85.1 cm³/mol. The Labute approximate surface area is 126 Å². The maximum Gasteiger partial charge on any atom is 0.241 e. The molecule has 0 saturated carbocycles. The van der Waals surface area contributed by atoms with Crippen molar-refractivity contribution in [1.82, 2.24) is 4.90 Å². The molecule has 0 bridgehead atoms. The Morgan fingerprint density at radius 2 is 2.29 bits per heavy atom. The van der Waals surface area contributed by atoms with Crippen LogP contribution in [0.3, 0.4) is 0 Å². The normalized spacial score (nSPS) is 21.0. The van der Waals surface area contributed by atoms with Crippen molar-refractivity contribution in [2.75, 3.05) is 24.2 Å². The Morgan fingerprint density at radius 3 is 2.95 bits per heavy atom. The number of nitrogens with two attached hydrogens (primary N) is 1. The molecule has 1 heterocycles. The Kier molecular flexibility index (Phi) is 5.20. The van der Waals surface area contributed by atoms with E-state index in [1.54, 1.807) is 6.07 Å². The van der Waals surface area contributed by atoms with Gasteiger partial charge in [-0.15, -0.1) is 0 Å². The molecule has 1 saturated heterocycles. The third-order valence-electron chi connectivity index (χ3n) is 4.27. The molecule has 0 spiro atoms. The van der Waals surface area contributed by atoms with Crippen molar-refractivity contribution in [3.05, 3.63) is 23.8 Å². The number of hydrogen-bond acceptors (Lipinski definition) is 4. The van der Waals surface area contributed by atoms with E-state index in [0.717, 1.165) is 37.1 Å². The topological polar surface area (TPSA) is 78.6 Å². The highest BCUT2D eigenvalue weighted by atomic mass is 16.3. The Balaban J connectivity index is 2.04. The van der Waals surface area contributed by atoms with E-state index in [1.165, 1.54) is 0 Å². The summed E-state index contributed by atoms with van der Waals surface area (Å²) in [6, 6.07) is 5.30. The number of rotatable bonds is 4. The number of likely N-dealkylation sites (tertiary alicyclic amines) is 1. The quantitative estimate of drug-likeness (QED) is 0.739. The first-order valence-corrected chi connectivity index (χ1v) is 7.56. The molecule has 1 aromatic rings. The van der Waals surface area contributed by atoms with E-state index >= 15 is 0 Å². The van der Waals surface area contributed by atoms with Gasteiger partial charge in [0, 0.05) is 17.4 Å². The molecule has 1 fully saturated rings. The van der Waals surface area contributed by atoms with E-state index in [1.807, 2.05) is 26.0 Å². The third-order valence-corrected chi connectivity index (χ3v) is 4.27. The van der Waals surface area contributed by atoms with Gasteiger partial charge in [0.15, 0.2) is 0 Å². The number of carbonyl (C=O) groups excluding carboxylic acids is 1. The van der Waals surface area contributed by atoms with Crippen molar-refractivity contribution in [1.29, 1.82) is 0 Å². The molecule has 5 nitrogen and oxygen atoms in total. The summed E-state index contributed by atoms with van der Waals surface area (Å²) < 4.78 is 0. The smallest absolute Gasteiger partial charge is 0.241 e. The van der Waals surface area contributed by atoms with Crippen molar-refractivity contribution in [3.8, 4) is 0 Å². The Hall–Kier alpha value is -1.59. The van der Waals surface area contributed by atoms with Gasteiger partial charge in [0.25, 0.3) is 0 Å². The highest BCUT2D eigenvalue weighted by Crippen LogP contribution is 2.22. The van der Waals surface area contributed by atoms with Crippen LogP contribution in [0.5, 0.6) is 0 Å². The second-order valence-electron chi connectivity index (χ2n) is 5.81. The van der Waals surface area contributed by atoms with Crippen LogP contribution < -0.4 is 11.1 Å². The molecule has 1 amide bonds. The van der Waals surface area contributed by atoms with Gasteiger partial charge >= 0.3 is 0 Å². The number of aliphatic hydroxyl groups excluding tert-OH is 1. The summed E-state index contributed by atoms with van der Waals surface area (Å²) in [5, 5.41) is 12.4. The van der Waals surface area contributed by atoms with Gasteiger partial charge < -0.3 is 16.2 Å². The van der Waals surface area contributed by atoms with Crippen molar-refractivity contribution >= 4 is 17.3 Å². The van der Waals surface area contributed by atoms with Crippen LogP contribution in [0.15, 0.2) is 18.2 Å². The second-order valence-corrected chi connectivity index (χ2v) is 5.81. The maximum absolute atomic E-state index is 12.4. The molecule has 0 radical (unpaired) electrons. The molecule has 5 heteroatoms. The fourth-order valence-corrected chi connectivity index (χ4v) is 2.94. The highest BCUT2D eigenvalue weighted by molar-refractivity contribution is 5.95. The zero-order chi connectivity index (χ0) is 15.4. The summed E-state index contributed by atoms with van der Waals surface area (Å²) in [7, 11) is 0. The molecule has 2 atom stereocenters. The van der Waals surface area contributed by atoms with Crippen LogP contribution in [0.2, 0.25) is 0 Å². The molecule has 2 rings (SSSR count). The summed E-state index contributed by atoms with van der Waals surface area (Å²) in [6.07, 6.45) is 3.15. The molecule has 1 aliphatic heterocycles. The molecule has 21 heavy (non-hydrogen) atoms. The number of piperidine rings is 1. The minimum absolute atomic E-state index is 0.0387. The van der Waals surface area contributed by atoms with Gasteiger partial charge in [0.05, 0.1) is 12.6 Å². The predicted octanol–water partition coefficient (Wildman–Crippen LogP) is 1.75. The number of nitrogen functional groups attached to an aromatic ring is 1. The minimum Gasteiger partial charge on any atom is -0.399 e. The first-order chi connectivity index (χ1) is 10.0. The minimum atomic E-state index is -0.251. The van der Waals surface area contributed by atoms with Gasteiger partial charge in [0.1, 0.15) is 0 Å². The van der Waals surface area contributed by atoms with E-state index in [0.29, 0.717) is 5.69 Å². The summed E-state index contributed by atoms with van der Waals surface area (Å²) >= 11 is 0. The molecule has 4 N–H and O–H groups in total. The van der Waals surface area contributed by atoms with Crippen LogP contribution >= 0.6 is 0 Å². The highest BCUT2D eigenvalue weighted by Gasteiger charge is 2.29. The van der Waals surface area contributed by atoms with Crippen LogP contribution in [0.4, 0.5) is 11.4 Å². The zero-order valence-corrected chi connectivity index (χ0v) is 12.8. The molecule has 1 aliphatic rings. The number of amides is 1. The maximum atomic E-state index is 12.4. The van der Waals surface area contributed by atoms with Gasteiger partial charge in [0.2, 0.25) is 5.91 Å². The summed E-state index contributed by atoms with van der Waals surface area (Å²) in [5.41, 5.74) is 8.15. The van der Waals surface area contributed by atoms with Crippen molar-refractivity contribution < 1.29 is 9.90 Å². The second kappa shape index (κ2) is 6.91. The van der Waals surface area contributed by atoms with Crippen molar-refractivity contribution in [3.63, 3.8) is 0 Å². The van der Waals surface area contributed by atoms with Gasteiger partial charge in [-0.25, -0.2) is 0 Å².